The van der Waals surface area contributed by atoms with Crippen molar-refractivity contribution in [2.45, 2.75) is 11.4 Å². The van der Waals surface area contributed by atoms with E-state index in [-0.39, 0.29) is 10.8 Å². The maximum atomic E-state index is 13.2. The van der Waals surface area contributed by atoms with Gasteiger partial charge in [-0.05, 0) is 58.7 Å². The Bertz CT molecular complexity index is 1570. The zero-order valence-electron chi connectivity index (χ0n) is 21.4. The zero-order chi connectivity index (χ0) is 27.2. The van der Waals surface area contributed by atoms with Crippen LogP contribution in [0.4, 0.5) is 11.4 Å². The highest BCUT2D eigenvalue weighted by Crippen LogP contribution is 2.24. The molecule has 8 nitrogen and oxygen atoms in total. The van der Waals surface area contributed by atoms with E-state index >= 15 is 0 Å². The van der Waals surface area contributed by atoms with Gasteiger partial charge in [0.25, 0.3) is 10.0 Å². The highest BCUT2D eigenvalue weighted by molar-refractivity contribution is 7.90. The Kier molecular flexibility index (Phi) is 7.92. The molecule has 0 saturated carbocycles. The number of para-hydroxylation sites is 2. The highest BCUT2D eigenvalue weighted by Gasteiger charge is 2.17. The molecule has 0 atom stereocenters. The molecule has 9 heteroatoms. The van der Waals surface area contributed by atoms with Gasteiger partial charge in [-0.3, -0.25) is 9.69 Å². The van der Waals surface area contributed by atoms with E-state index in [0.29, 0.717) is 16.9 Å². The van der Waals surface area contributed by atoms with Crippen LogP contribution in [0, 0.1) is 0 Å². The second kappa shape index (κ2) is 11.7. The molecule has 0 spiro atoms. The number of amides is 1. The van der Waals surface area contributed by atoms with E-state index in [1.54, 1.807) is 48.5 Å². The van der Waals surface area contributed by atoms with Gasteiger partial charge in [-0.25, -0.2) is 12.4 Å². The summed E-state index contributed by atoms with van der Waals surface area (Å²) in [4.78, 5) is 14.8. The predicted molar refractivity (Wildman–Crippen MR) is 154 cm³/mol. The van der Waals surface area contributed by atoms with Crippen molar-refractivity contribution in [3.8, 4) is 11.1 Å². The fourth-order valence-electron chi connectivity index (χ4n) is 4.36. The molecular weight excluding hydrogens is 512 g/mol. The molecule has 2 heterocycles. The van der Waals surface area contributed by atoms with Crippen LogP contribution in [-0.4, -0.2) is 49.5 Å². The third kappa shape index (κ3) is 6.46. The standard InChI is InChI=1S/C30H30N4O4S/c31-28-3-1-2-4-29(28)32-30(35)14-7-24-15-16-34(22-24)39(36,37)27-12-10-26(11-13-27)25-8-5-23(6-9-25)21-33-17-19-38-20-18-33/h1-16,22H,17-21,31H2,(H,32,35). The summed E-state index contributed by atoms with van der Waals surface area (Å²) in [7, 11) is -3.78. The Balaban J connectivity index is 1.23. The van der Waals surface area contributed by atoms with E-state index in [1.807, 2.05) is 12.1 Å². The molecule has 1 aromatic heterocycles. The third-order valence-electron chi connectivity index (χ3n) is 6.56. The Morgan fingerprint density at radius 1 is 0.923 bits per heavy atom. The molecule has 5 rings (SSSR count). The average Bonchev–Trinajstić information content (AvgIpc) is 3.45. The summed E-state index contributed by atoms with van der Waals surface area (Å²) in [5, 5.41) is 2.70. The fourth-order valence-corrected chi connectivity index (χ4v) is 5.56. The normalized spacial score (nSPS) is 14.5. The summed E-state index contributed by atoms with van der Waals surface area (Å²) < 4.78 is 32.9. The van der Waals surface area contributed by atoms with Crippen molar-refractivity contribution >= 4 is 33.4 Å². The molecule has 0 bridgehead atoms. The summed E-state index contributed by atoms with van der Waals surface area (Å²) in [6.07, 6.45) is 5.81. The fraction of sp³-hybridized carbons (Fsp3) is 0.167. The highest BCUT2D eigenvalue weighted by atomic mass is 32.2. The summed E-state index contributed by atoms with van der Waals surface area (Å²) in [6.45, 7) is 4.32. The van der Waals surface area contributed by atoms with Gasteiger partial charge in [-0.1, -0.05) is 48.5 Å². The molecule has 1 amide bonds. The number of nitrogens with two attached hydrogens (primary N) is 1. The van der Waals surface area contributed by atoms with Gasteiger partial charge in [0, 0.05) is 38.1 Å². The second-order valence-electron chi connectivity index (χ2n) is 9.30. The molecule has 3 N–H and O–H groups in total. The van der Waals surface area contributed by atoms with Crippen LogP contribution in [0.25, 0.3) is 17.2 Å². The van der Waals surface area contributed by atoms with Gasteiger partial charge in [0.05, 0.1) is 29.5 Å². The summed E-state index contributed by atoms with van der Waals surface area (Å²) in [5.41, 5.74) is 10.6. The quantitative estimate of drug-likeness (QED) is 0.252. The molecule has 0 aliphatic carbocycles. The lowest BCUT2D eigenvalue weighted by molar-refractivity contribution is -0.111. The minimum absolute atomic E-state index is 0.179. The van der Waals surface area contributed by atoms with Gasteiger partial charge in [0.1, 0.15) is 0 Å². The molecule has 0 radical (unpaired) electrons. The van der Waals surface area contributed by atoms with Gasteiger partial charge < -0.3 is 15.8 Å². The number of aromatic nitrogens is 1. The maximum Gasteiger partial charge on any atom is 0.267 e. The first-order valence-electron chi connectivity index (χ1n) is 12.7. The van der Waals surface area contributed by atoms with Crippen LogP contribution in [0.15, 0.2) is 102 Å². The van der Waals surface area contributed by atoms with Crippen molar-refractivity contribution < 1.29 is 17.9 Å². The number of carbonyl (C=O) groups is 1. The van der Waals surface area contributed by atoms with Gasteiger partial charge in [0.2, 0.25) is 5.91 Å². The van der Waals surface area contributed by atoms with Gasteiger partial charge in [-0.2, -0.15) is 0 Å². The average molecular weight is 543 g/mol. The van der Waals surface area contributed by atoms with Gasteiger partial charge in [-0.15, -0.1) is 0 Å². The zero-order valence-corrected chi connectivity index (χ0v) is 22.2. The minimum Gasteiger partial charge on any atom is -0.397 e. The Labute approximate surface area is 228 Å². The summed E-state index contributed by atoms with van der Waals surface area (Å²) in [6, 6.07) is 23.8. The van der Waals surface area contributed by atoms with Crippen LogP contribution in [-0.2, 0) is 26.1 Å². The maximum absolute atomic E-state index is 13.2. The first-order valence-corrected chi connectivity index (χ1v) is 14.1. The van der Waals surface area contributed by atoms with Crippen LogP contribution in [0.1, 0.15) is 11.1 Å². The number of ether oxygens (including phenoxy) is 1. The lowest BCUT2D eigenvalue weighted by atomic mass is 10.0. The number of hydrogen-bond donors (Lipinski definition) is 2. The first kappa shape index (κ1) is 26.4. The van der Waals surface area contributed by atoms with Crippen LogP contribution >= 0.6 is 0 Å². The molecule has 1 aliphatic heterocycles. The lowest BCUT2D eigenvalue weighted by Crippen LogP contribution is -2.35. The number of nitrogens with one attached hydrogen (secondary N) is 1. The predicted octanol–water partition coefficient (Wildman–Crippen LogP) is 4.46. The number of nitrogens with zero attached hydrogens (tertiary/aromatic N) is 2. The van der Waals surface area contributed by atoms with Crippen molar-refractivity contribution in [1.29, 1.82) is 0 Å². The summed E-state index contributed by atoms with van der Waals surface area (Å²) >= 11 is 0. The number of benzene rings is 3. The first-order chi connectivity index (χ1) is 18.9. The van der Waals surface area contributed by atoms with Crippen molar-refractivity contribution in [3.05, 3.63) is 108 Å². The molecule has 0 unspecified atom stereocenters. The topological polar surface area (TPSA) is 107 Å². The lowest BCUT2D eigenvalue weighted by Gasteiger charge is -2.26. The van der Waals surface area contributed by atoms with Crippen LogP contribution < -0.4 is 11.1 Å². The number of hydrogen-bond acceptors (Lipinski definition) is 6. The smallest absolute Gasteiger partial charge is 0.267 e. The van der Waals surface area contributed by atoms with Crippen molar-refractivity contribution in [2.75, 3.05) is 37.4 Å². The van der Waals surface area contributed by atoms with Crippen molar-refractivity contribution in [3.63, 3.8) is 0 Å². The Morgan fingerprint density at radius 2 is 1.59 bits per heavy atom. The summed E-state index contributed by atoms with van der Waals surface area (Å²) in [5.74, 6) is -0.367. The second-order valence-corrected chi connectivity index (χ2v) is 11.1. The van der Waals surface area contributed by atoms with Gasteiger partial charge in [0.15, 0.2) is 0 Å². The van der Waals surface area contributed by atoms with E-state index in [9.17, 15) is 13.2 Å². The molecule has 4 aromatic rings. The van der Waals surface area contributed by atoms with E-state index in [1.165, 1.54) is 24.0 Å². The number of morpholine rings is 1. The molecule has 1 aliphatic rings. The molecule has 1 fully saturated rings. The molecule has 200 valence electrons. The van der Waals surface area contributed by atoms with Crippen molar-refractivity contribution in [2.24, 2.45) is 0 Å². The van der Waals surface area contributed by atoms with Crippen LogP contribution in [0.5, 0.6) is 0 Å². The van der Waals surface area contributed by atoms with Crippen molar-refractivity contribution in [1.82, 2.24) is 8.87 Å². The molecule has 1 saturated heterocycles. The van der Waals surface area contributed by atoms with Crippen LogP contribution in [0.3, 0.4) is 0 Å². The number of nitrogen functional groups attached to an aromatic ring is 1. The molecule has 39 heavy (non-hydrogen) atoms. The van der Waals surface area contributed by atoms with E-state index in [0.717, 1.165) is 47.9 Å². The Morgan fingerprint density at radius 3 is 2.28 bits per heavy atom. The molecular formula is C30H30N4O4S. The molecule has 3 aromatic carbocycles. The van der Waals surface area contributed by atoms with E-state index in [2.05, 4.69) is 34.5 Å². The van der Waals surface area contributed by atoms with Crippen LogP contribution in [0.2, 0.25) is 0 Å². The number of carbonyl (C=O) groups excluding carboxylic acids is 1. The SMILES string of the molecule is Nc1ccccc1NC(=O)C=Cc1ccn(S(=O)(=O)c2ccc(-c3ccc(CN4CCOCC4)cc3)cc2)c1. The number of rotatable bonds is 8. The monoisotopic (exact) mass is 542 g/mol. The van der Waals surface area contributed by atoms with Gasteiger partial charge >= 0.3 is 0 Å². The Hall–Kier alpha value is -4.18. The number of anilines is 2. The minimum atomic E-state index is -3.78. The van der Waals surface area contributed by atoms with E-state index < -0.39 is 10.0 Å². The van der Waals surface area contributed by atoms with E-state index in [4.69, 9.17) is 10.5 Å². The third-order valence-corrected chi connectivity index (χ3v) is 8.21. The largest absolute Gasteiger partial charge is 0.397 e.